The summed E-state index contributed by atoms with van der Waals surface area (Å²) in [5, 5.41) is 0.817. The average molecular weight is 260 g/mol. The van der Waals surface area contributed by atoms with Crippen LogP contribution in [0.5, 0.6) is 0 Å². The molecule has 13 heavy (non-hydrogen) atoms. The van der Waals surface area contributed by atoms with E-state index in [-0.39, 0.29) is 0 Å². The van der Waals surface area contributed by atoms with E-state index in [1.54, 1.807) is 0 Å². The summed E-state index contributed by atoms with van der Waals surface area (Å²) in [5.74, 6) is 0.834. The fourth-order valence-corrected chi connectivity index (χ4v) is 2.61. The molecule has 0 bridgehead atoms. The zero-order valence-electron chi connectivity index (χ0n) is 7.34. The Labute approximate surface area is 92.4 Å². The second-order valence-corrected chi connectivity index (χ2v) is 5.07. The quantitative estimate of drug-likeness (QED) is 0.682. The SMILES string of the molecule is Clc1ccc(C(Br)C2CCC2)cc1. The van der Waals surface area contributed by atoms with Gasteiger partial charge in [0, 0.05) is 9.85 Å². The maximum absolute atomic E-state index is 5.83. The first-order valence-corrected chi connectivity index (χ1v) is 5.96. The highest BCUT2D eigenvalue weighted by atomic mass is 79.9. The van der Waals surface area contributed by atoms with Gasteiger partial charge in [0.25, 0.3) is 0 Å². The van der Waals surface area contributed by atoms with Crippen molar-refractivity contribution in [3.63, 3.8) is 0 Å². The van der Waals surface area contributed by atoms with Crippen LogP contribution in [0, 0.1) is 5.92 Å². The number of rotatable bonds is 2. The van der Waals surface area contributed by atoms with E-state index in [0.717, 1.165) is 10.9 Å². The van der Waals surface area contributed by atoms with Crippen LogP contribution in [0.4, 0.5) is 0 Å². The monoisotopic (exact) mass is 258 g/mol. The summed E-state index contributed by atoms with van der Waals surface area (Å²) in [6.07, 6.45) is 4.11. The molecule has 1 saturated carbocycles. The van der Waals surface area contributed by atoms with Gasteiger partial charge in [-0.2, -0.15) is 0 Å². The fraction of sp³-hybridized carbons (Fsp3) is 0.455. The van der Waals surface area contributed by atoms with Crippen LogP contribution in [0.25, 0.3) is 0 Å². The molecule has 0 N–H and O–H groups in total. The second-order valence-electron chi connectivity index (χ2n) is 3.64. The van der Waals surface area contributed by atoms with E-state index in [1.807, 2.05) is 12.1 Å². The van der Waals surface area contributed by atoms with Gasteiger partial charge in [-0.3, -0.25) is 0 Å². The molecule has 0 aliphatic heterocycles. The molecule has 1 aliphatic rings. The first kappa shape index (κ1) is 9.54. The Kier molecular flexibility index (Phi) is 2.95. The maximum Gasteiger partial charge on any atom is 0.0423 e. The van der Waals surface area contributed by atoms with Crippen molar-refractivity contribution < 1.29 is 0 Å². The molecule has 0 heterocycles. The van der Waals surface area contributed by atoms with Crippen molar-refractivity contribution in [3.05, 3.63) is 34.9 Å². The molecular weight excluding hydrogens is 247 g/mol. The fourth-order valence-electron chi connectivity index (χ4n) is 1.65. The van der Waals surface area contributed by atoms with Crippen LogP contribution in [-0.4, -0.2) is 0 Å². The van der Waals surface area contributed by atoms with Gasteiger partial charge >= 0.3 is 0 Å². The van der Waals surface area contributed by atoms with Gasteiger partial charge < -0.3 is 0 Å². The summed E-state index contributed by atoms with van der Waals surface area (Å²) in [6, 6.07) is 8.15. The molecule has 2 heteroatoms. The van der Waals surface area contributed by atoms with Crippen LogP contribution in [0.2, 0.25) is 5.02 Å². The van der Waals surface area contributed by atoms with E-state index in [1.165, 1.54) is 24.8 Å². The predicted molar refractivity (Wildman–Crippen MR) is 60.5 cm³/mol. The molecule has 0 aromatic heterocycles. The minimum absolute atomic E-state index is 0.526. The molecule has 2 rings (SSSR count). The van der Waals surface area contributed by atoms with Gasteiger partial charge in [-0.05, 0) is 36.5 Å². The molecule has 1 aliphatic carbocycles. The van der Waals surface area contributed by atoms with Crippen molar-refractivity contribution in [2.75, 3.05) is 0 Å². The molecule has 1 aromatic rings. The lowest BCUT2D eigenvalue weighted by Crippen LogP contribution is -2.16. The van der Waals surface area contributed by atoms with Gasteiger partial charge in [-0.15, -0.1) is 0 Å². The van der Waals surface area contributed by atoms with Crippen LogP contribution in [0.3, 0.4) is 0 Å². The average Bonchev–Trinajstić information content (AvgIpc) is 2.02. The second kappa shape index (κ2) is 4.02. The van der Waals surface area contributed by atoms with Crippen LogP contribution >= 0.6 is 27.5 Å². The molecule has 1 atom stereocenters. The molecule has 0 saturated heterocycles. The summed E-state index contributed by atoms with van der Waals surface area (Å²) < 4.78 is 0. The topological polar surface area (TPSA) is 0 Å². The Balaban J connectivity index is 2.10. The van der Waals surface area contributed by atoms with Gasteiger partial charge in [-0.25, -0.2) is 0 Å². The van der Waals surface area contributed by atoms with E-state index in [2.05, 4.69) is 28.1 Å². The van der Waals surface area contributed by atoms with Gasteiger partial charge in [0.15, 0.2) is 0 Å². The Bertz CT molecular complexity index is 277. The Morgan fingerprint density at radius 1 is 1.23 bits per heavy atom. The largest absolute Gasteiger partial charge is 0.0843 e. The summed E-state index contributed by atoms with van der Waals surface area (Å²) in [7, 11) is 0. The molecule has 0 nitrogen and oxygen atoms in total. The Hall–Kier alpha value is -0.0100. The highest BCUT2D eigenvalue weighted by Crippen LogP contribution is 2.43. The number of benzene rings is 1. The van der Waals surface area contributed by atoms with Gasteiger partial charge in [0.1, 0.15) is 0 Å². The minimum Gasteiger partial charge on any atom is -0.0843 e. The first-order valence-electron chi connectivity index (χ1n) is 4.67. The van der Waals surface area contributed by atoms with Crippen LogP contribution in [0.15, 0.2) is 24.3 Å². The van der Waals surface area contributed by atoms with E-state index in [4.69, 9.17) is 11.6 Å². The van der Waals surface area contributed by atoms with E-state index >= 15 is 0 Å². The third-order valence-corrected chi connectivity index (χ3v) is 4.28. The van der Waals surface area contributed by atoms with Gasteiger partial charge in [0.2, 0.25) is 0 Å². The van der Waals surface area contributed by atoms with E-state index in [9.17, 15) is 0 Å². The van der Waals surface area contributed by atoms with Gasteiger partial charge in [0.05, 0.1) is 0 Å². The highest BCUT2D eigenvalue weighted by Gasteiger charge is 2.26. The van der Waals surface area contributed by atoms with E-state index in [0.29, 0.717) is 4.83 Å². The molecule has 0 amide bonds. The smallest absolute Gasteiger partial charge is 0.0423 e. The highest BCUT2D eigenvalue weighted by molar-refractivity contribution is 9.09. The molecular formula is C11H12BrCl. The van der Waals surface area contributed by atoms with Gasteiger partial charge in [-0.1, -0.05) is 46.1 Å². The van der Waals surface area contributed by atoms with Crippen molar-refractivity contribution in [1.82, 2.24) is 0 Å². The van der Waals surface area contributed by atoms with Crippen LogP contribution in [0.1, 0.15) is 29.7 Å². The first-order chi connectivity index (χ1) is 6.27. The minimum atomic E-state index is 0.526. The zero-order valence-corrected chi connectivity index (χ0v) is 9.68. The standard InChI is InChI=1S/C11H12BrCl/c12-11(8-2-1-3-8)9-4-6-10(13)7-5-9/h4-8,11H,1-3H2. The summed E-state index contributed by atoms with van der Waals surface area (Å²) in [6.45, 7) is 0. The summed E-state index contributed by atoms with van der Waals surface area (Å²) in [5.41, 5.74) is 1.36. The molecule has 70 valence electrons. The lowest BCUT2D eigenvalue weighted by Gasteiger charge is -2.30. The Morgan fingerprint density at radius 2 is 1.85 bits per heavy atom. The third kappa shape index (κ3) is 2.08. The van der Waals surface area contributed by atoms with Crippen molar-refractivity contribution in [2.45, 2.75) is 24.1 Å². The summed E-state index contributed by atoms with van der Waals surface area (Å²) in [4.78, 5) is 0.526. The zero-order chi connectivity index (χ0) is 9.26. The molecule has 1 unspecified atom stereocenters. The Morgan fingerprint density at radius 3 is 2.31 bits per heavy atom. The molecule has 0 spiro atoms. The van der Waals surface area contributed by atoms with E-state index < -0.39 is 0 Å². The predicted octanol–water partition coefficient (Wildman–Crippen LogP) is 4.58. The summed E-state index contributed by atoms with van der Waals surface area (Å²) >= 11 is 9.57. The molecule has 1 aromatic carbocycles. The molecule has 1 fully saturated rings. The van der Waals surface area contributed by atoms with Crippen molar-refractivity contribution in [2.24, 2.45) is 5.92 Å². The maximum atomic E-state index is 5.83. The number of hydrogen-bond acceptors (Lipinski definition) is 0. The van der Waals surface area contributed by atoms with Crippen LogP contribution < -0.4 is 0 Å². The van der Waals surface area contributed by atoms with Crippen molar-refractivity contribution >= 4 is 27.5 Å². The lowest BCUT2D eigenvalue weighted by atomic mass is 9.81. The lowest BCUT2D eigenvalue weighted by molar-refractivity contribution is 0.312. The number of hydrogen-bond donors (Lipinski definition) is 0. The molecule has 0 radical (unpaired) electrons. The van der Waals surface area contributed by atoms with Crippen molar-refractivity contribution in [1.29, 1.82) is 0 Å². The third-order valence-electron chi connectivity index (χ3n) is 2.75. The van der Waals surface area contributed by atoms with Crippen molar-refractivity contribution in [3.8, 4) is 0 Å². The van der Waals surface area contributed by atoms with Crippen LogP contribution in [-0.2, 0) is 0 Å². The number of alkyl halides is 1. The number of halogens is 2. The normalized spacial score (nSPS) is 19.5.